The van der Waals surface area contributed by atoms with Gasteiger partial charge in [0.2, 0.25) is 0 Å². The maximum atomic E-state index is 10.2. The van der Waals surface area contributed by atoms with Crippen molar-refractivity contribution in [2.75, 3.05) is 11.9 Å². The summed E-state index contributed by atoms with van der Waals surface area (Å²) in [6, 6.07) is 12.5. The van der Waals surface area contributed by atoms with Crippen LogP contribution in [0.1, 0.15) is 13.8 Å². The van der Waals surface area contributed by atoms with Gasteiger partial charge in [-0.1, -0.05) is 41.9 Å². The van der Waals surface area contributed by atoms with E-state index in [9.17, 15) is 10.2 Å². The van der Waals surface area contributed by atoms with E-state index in [1.807, 2.05) is 24.3 Å². The highest BCUT2D eigenvalue weighted by Gasteiger charge is 2.18. The molecule has 0 saturated carbocycles. The van der Waals surface area contributed by atoms with Crippen molar-refractivity contribution >= 4 is 28.2 Å². The van der Waals surface area contributed by atoms with Gasteiger partial charge in [-0.15, -0.1) is 10.2 Å². The summed E-state index contributed by atoms with van der Waals surface area (Å²) in [6.07, 6.45) is 0. The van der Waals surface area contributed by atoms with Gasteiger partial charge < -0.3 is 15.5 Å². The van der Waals surface area contributed by atoms with Crippen LogP contribution in [0.3, 0.4) is 0 Å². The lowest BCUT2D eigenvalue weighted by atomic mass is 10.0. The van der Waals surface area contributed by atoms with Gasteiger partial charge in [0.25, 0.3) is 0 Å². The second-order valence-electron chi connectivity index (χ2n) is 6.24. The minimum atomic E-state index is -0.873. The van der Waals surface area contributed by atoms with Crippen molar-refractivity contribution in [3.8, 4) is 17.0 Å². The minimum absolute atomic E-state index is 0.0548. The number of nitrogens with one attached hydrogen (secondary N) is 1. The number of fused-ring (bicyclic) bond motifs is 1. The first-order chi connectivity index (χ1) is 11.4. The van der Waals surface area contributed by atoms with Crippen molar-refractivity contribution < 1.29 is 10.2 Å². The van der Waals surface area contributed by atoms with Crippen LogP contribution in [0.2, 0.25) is 5.02 Å². The molecule has 3 N–H and O–H groups in total. The molecule has 24 heavy (non-hydrogen) atoms. The Bertz CT molecular complexity index is 871. The summed E-state index contributed by atoms with van der Waals surface area (Å²) in [7, 11) is 0. The van der Waals surface area contributed by atoms with Crippen molar-refractivity contribution in [3.63, 3.8) is 0 Å². The molecule has 0 saturated heterocycles. The van der Waals surface area contributed by atoms with Crippen LogP contribution < -0.4 is 5.32 Å². The van der Waals surface area contributed by atoms with Gasteiger partial charge in [-0.3, -0.25) is 0 Å². The molecule has 0 radical (unpaired) electrons. The van der Waals surface area contributed by atoms with Crippen LogP contribution in [0.5, 0.6) is 5.75 Å². The number of hydrogen-bond donors (Lipinski definition) is 3. The number of nitrogens with zero attached hydrogens (tertiary/aromatic N) is 2. The number of halogens is 1. The molecule has 124 valence electrons. The maximum absolute atomic E-state index is 10.2. The fourth-order valence-electron chi connectivity index (χ4n) is 2.47. The van der Waals surface area contributed by atoms with E-state index in [1.165, 1.54) is 0 Å². The largest absolute Gasteiger partial charge is 0.507 e. The average molecular weight is 344 g/mol. The summed E-state index contributed by atoms with van der Waals surface area (Å²) < 4.78 is 0. The van der Waals surface area contributed by atoms with E-state index in [-0.39, 0.29) is 5.75 Å². The zero-order chi connectivity index (χ0) is 17.3. The zero-order valence-corrected chi connectivity index (χ0v) is 14.2. The Balaban J connectivity index is 2.16. The van der Waals surface area contributed by atoms with E-state index in [2.05, 4.69) is 15.5 Å². The SMILES string of the molecule is CC(C)(O)CNc1nnc(-c2c(O)cccc2Cl)c2ccccc12. The topological polar surface area (TPSA) is 78.3 Å². The Morgan fingerprint density at radius 1 is 1.04 bits per heavy atom. The quantitative estimate of drug-likeness (QED) is 0.671. The van der Waals surface area contributed by atoms with Crippen molar-refractivity contribution in [1.29, 1.82) is 0 Å². The number of anilines is 1. The van der Waals surface area contributed by atoms with Crippen LogP contribution in [-0.2, 0) is 0 Å². The molecular formula is C18H18ClN3O2. The van der Waals surface area contributed by atoms with E-state index in [0.29, 0.717) is 28.6 Å². The molecule has 2 aromatic carbocycles. The molecule has 1 heterocycles. The summed E-state index contributed by atoms with van der Waals surface area (Å²) in [5, 5.41) is 33.7. The van der Waals surface area contributed by atoms with E-state index in [4.69, 9.17) is 11.6 Å². The minimum Gasteiger partial charge on any atom is -0.507 e. The Kier molecular flexibility index (Phi) is 4.30. The summed E-state index contributed by atoms with van der Waals surface area (Å²) >= 11 is 6.25. The third kappa shape index (κ3) is 3.27. The molecular weight excluding hydrogens is 326 g/mol. The molecule has 5 nitrogen and oxygen atoms in total. The first-order valence-corrected chi connectivity index (χ1v) is 7.94. The first-order valence-electron chi connectivity index (χ1n) is 7.56. The van der Waals surface area contributed by atoms with E-state index in [1.54, 1.807) is 32.0 Å². The fraction of sp³-hybridized carbons (Fsp3) is 0.222. The molecule has 0 aliphatic rings. The number of benzene rings is 2. The molecule has 3 aromatic rings. The number of phenols is 1. The zero-order valence-electron chi connectivity index (χ0n) is 13.4. The van der Waals surface area contributed by atoms with Crippen molar-refractivity contribution in [1.82, 2.24) is 10.2 Å². The number of rotatable bonds is 4. The number of aliphatic hydroxyl groups is 1. The highest BCUT2D eigenvalue weighted by atomic mass is 35.5. The lowest BCUT2D eigenvalue weighted by molar-refractivity contribution is 0.0944. The van der Waals surface area contributed by atoms with Gasteiger partial charge in [0.15, 0.2) is 5.82 Å². The first kappa shape index (κ1) is 16.5. The van der Waals surface area contributed by atoms with Crippen LogP contribution in [0, 0.1) is 0 Å². The standard InChI is InChI=1S/C18H18ClN3O2/c1-18(2,24)10-20-17-12-7-4-3-6-11(12)16(21-22-17)15-13(19)8-5-9-14(15)23/h3-9,23-24H,10H2,1-2H3,(H,20,22). The van der Waals surface area contributed by atoms with Gasteiger partial charge >= 0.3 is 0 Å². The summed E-state index contributed by atoms with van der Waals surface area (Å²) in [5.41, 5.74) is 0.0991. The number of aromatic nitrogens is 2. The Morgan fingerprint density at radius 3 is 2.42 bits per heavy atom. The molecule has 0 amide bonds. The Morgan fingerprint density at radius 2 is 1.75 bits per heavy atom. The molecule has 6 heteroatoms. The molecule has 3 rings (SSSR count). The van der Waals surface area contributed by atoms with Crippen molar-refractivity contribution in [3.05, 3.63) is 47.5 Å². The van der Waals surface area contributed by atoms with E-state index >= 15 is 0 Å². The Hall–Kier alpha value is -2.37. The smallest absolute Gasteiger partial charge is 0.156 e. The molecule has 0 spiro atoms. The van der Waals surface area contributed by atoms with Gasteiger partial charge in [0.05, 0.1) is 16.2 Å². The molecule has 0 atom stereocenters. The predicted octanol–water partition coefficient (Wildman–Crippen LogP) is 3.84. The summed E-state index contributed by atoms with van der Waals surface area (Å²) in [6.45, 7) is 3.76. The van der Waals surface area contributed by atoms with Crippen molar-refractivity contribution in [2.24, 2.45) is 0 Å². The molecule has 0 aliphatic heterocycles. The van der Waals surface area contributed by atoms with Crippen molar-refractivity contribution in [2.45, 2.75) is 19.4 Å². The number of aromatic hydroxyl groups is 1. The lowest BCUT2D eigenvalue weighted by Gasteiger charge is -2.19. The van der Waals surface area contributed by atoms with Gasteiger partial charge in [-0.25, -0.2) is 0 Å². The molecule has 0 fully saturated rings. The third-order valence-electron chi connectivity index (χ3n) is 3.60. The van der Waals surface area contributed by atoms with E-state index in [0.717, 1.165) is 10.8 Å². The molecule has 0 aliphatic carbocycles. The Labute approximate surface area is 144 Å². The van der Waals surface area contributed by atoms with Gasteiger partial charge in [0, 0.05) is 17.3 Å². The maximum Gasteiger partial charge on any atom is 0.156 e. The number of hydrogen-bond acceptors (Lipinski definition) is 5. The molecule has 0 bridgehead atoms. The second-order valence-corrected chi connectivity index (χ2v) is 6.65. The second kappa shape index (κ2) is 6.26. The average Bonchev–Trinajstić information content (AvgIpc) is 2.53. The van der Waals surface area contributed by atoms with E-state index < -0.39 is 5.60 Å². The molecule has 0 unspecified atom stereocenters. The van der Waals surface area contributed by atoms with Crippen LogP contribution in [0.15, 0.2) is 42.5 Å². The van der Waals surface area contributed by atoms with Gasteiger partial charge in [0.1, 0.15) is 11.4 Å². The lowest BCUT2D eigenvalue weighted by Crippen LogP contribution is -2.29. The van der Waals surface area contributed by atoms with Crippen LogP contribution >= 0.6 is 11.6 Å². The third-order valence-corrected chi connectivity index (χ3v) is 3.92. The summed E-state index contributed by atoms with van der Waals surface area (Å²) in [5.74, 6) is 0.627. The highest BCUT2D eigenvalue weighted by Crippen LogP contribution is 2.38. The van der Waals surface area contributed by atoms with Crippen LogP contribution in [0.4, 0.5) is 5.82 Å². The number of phenolic OH excluding ortho intramolecular Hbond substituents is 1. The van der Waals surface area contributed by atoms with Crippen LogP contribution in [0.25, 0.3) is 22.0 Å². The van der Waals surface area contributed by atoms with Gasteiger partial charge in [-0.05, 0) is 26.0 Å². The highest BCUT2D eigenvalue weighted by molar-refractivity contribution is 6.34. The normalized spacial score (nSPS) is 11.7. The monoisotopic (exact) mass is 343 g/mol. The predicted molar refractivity (Wildman–Crippen MR) is 96.4 cm³/mol. The van der Waals surface area contributed by atoms with Crippen LogP contribution in [-0.4, -0.2) is 32.6 Å². The summed E-state index contributed by atoms with van der Waals surface area (Å²) in [4.78, 5) is 0. The molecule has 1 aromatic heterocycles. The fourth-order valence-corrected chi connectivity index (χ4v) is 2.73. The van der Waals surface area contributed by atoms with Gasteiger partial charge in [-0.2, -0.15) is 0 Å².